The van der Waals surface area contributed by atoms with Gasteiger partial charge >= 0.3 is 6.18 Å². The zero-order chi connectivity index (χ0) is 11.6. The van der Waals surface area contributed by atoms with Gasteiger partial charge in [-0.2, -0.15) is 18.3 Å². The number of rotatable bonds is 3. The average molecular weight is 242 g/mol. The van der Waals surface area contributed by atoms with Gasteiger partial charge in [0.25, 0.3) is 0 Å². The third-order valence-corrected chi connectivity index (χ3v) is 2.44. The van der Waals surface area contributed by atoms with Gasteiger partial charge in [-0.05, 0) is 19.4 Å². The van der Waals surface area contributed by atoms with E-state index in [1.165, 1.54) is 7.05 Å². The molecule has 1 aromatic heterocycles. The summed E-state index contributed by atoms with van der Waals surface area (Å²) in [5.74, 6) is 0. The maximum atomic E-state index is 12.5. The van der Waals surface area contributed by atoms with E-state index in [1.54, 1.807) is 0 Å². The topological polar surface area (TPSA) is 43.8 Å². The number of aromatic nitrogens is 2. The molecule has 0 aliphatic carbocycles. The van der Waals surface area contributed by atoms with E-state index in [0.29, 0.717) is 13.0 Å². The standard InChI is InChI=1S/C8H11ClF3N3/c1-15-7(9)5(3-2-4-13)6(14-15)8(10,11)12/h2-4,13H2,1H3. The number of nitrogens with two attached hydrogens (primary N) is 1. The van der Waals surface area contributed by atoms with Crippen molar-refractivity contribution in [2.45, 2.75) is 19.0 Å². The molecule has 15 heavy (non-hydrogen) atoms. The van der Waals surface area contributed by atoms with E-state index in [4.69, 9.17) is 17.3 Å². The SMILES string of the molecule is Cn1nc(C(F)(F)F)c(CCCN)c1Cl. The molecule has 0 saturated heterocycles. The molecule has 1 rings (SSSR count). The first-order valence-electron chi connectivity index (χ1n) is 4.36. The highest BCUT2D eigenvalue weighted by atomic mass is 35.5. The van der Waals surface area contributed by atoms with Gasteiger partial charge in [-0.1, -0.05) is 11.6 Å². The first kappa shape index (κ1) is 12.3. The Morgan fingerprint density at radius 2 is 2.07 bits per heavy atom. The molecule has 7 heteroatoms. The molecule has 0 amide bonds. The van der Waals surface area contributed by atoms with E-state index in [1.807, 2.05) is 0 Å². The van der Waals surface area contributed by atoms with E-state index in [-0.39, 0.29) is 17.1 Å². The van der Waals surface area contributed by atoms with Gasteiger partial charge < -0.3 is 5.73 Å². The van der Waals surface area contributed by atoms with Crippen LogP contribution in [0.3, 0.4) is 0 Å². The summed E-state index contributed by atoms with van der Waals surface area (Å²) >= 11 is 5.72. The minimum Gasteiger partial charge on any atom is -0.330 e. The molecule has 0 aliphatic rings. The molecular formula is C8H11ClF3N3. The zero-order valence-electron chi connectivity index (χ0n) is 8.10. The molecule has 0 saturated carbocycles. The minimum absolute atomic E-state index is 0.0239. The second kappa shape index (κ2) is 4.40. The van der Waals surface area contributed by atoms with Crippen LogP contribution >= 0.6 is 11.6 Å². The predicted octanol–water partition coefficient (Wildman–Crippen LogP) is 1.98. The minimum atomic E-state index is -4.46. The normalized spacial score (nSPS) is 12.1. The van der Waals surface area contributed by atoms with Crippen molar-refractivity contribution in [3.8, 4) is 0 Å². The fraction of sp³-hybridized carbons (Fsp3) is 0.625. The van der Waals surface area contributed by atoms with Gasteiger partial charge in [-0.25, -0.2) is 0 Å². The molecule has 0 bridgehead atoms. The smallest absolute Gasteiger partial charge is 0.330 e. The van der Waals surface area contributed by atoms with Crippen LogP contribution in [-0.4, -0.2) is 16.3 Å². The highest BCUT2D eigenvalue weighted by Crippen LogP contribution is 2.34. The lowest BCUT2D eigenvalue weighted by molar-refractivity contribution is -0.142. The van der Waals surface area contributed by atoms with Gasteiger partial charge in [0.15, 0.2) is 5.69 Å². The molecule has 1 aromatic rings. The predicted molar refractivity (Wildman–Crippen MR) is 50.6 cm³/mol. The third kappa shape index (κ3) is 2.63. The Labute approximate surface area is 90.0 Å². The van der Waals surface area contributed by atoms with E-state index in [0.717, 1.165) is 4.68 Å². The maximum absolute atomic E-state index is 12.5. The molecule has 0 radical (unpaired) electrons. The molecule has 2 N–H and O–H groups in total. The number of nitrogens with zero attached hydrogens (tertiary/aromatic N) is 2. The van der Waals surface area contributed by atoms with Crippen LogP contribution in [0, 0.1) is 0 Å². The highest BCUT2D eigenvalue weighted by Gasteiger charge is 2.38. The molecule has 1 heterocycles. The van der Waals surface area contributed by atoms with Crippen molar-refractivity contribution < 1.29 is 13.2 Å². The molecule has 0 unspecified atom stereocenters. The number of aryl methyl sites for hydroxylation is 1. The van der Waals surface area contributed by atoms with Crippen LogP contribution in [0.1, 0.15) is 17.7 Å². The lowest BCUT2D eigenvalue weighted by Crippen LogP contribution is -2.10. The molecule has 3 nitrogen and oxygen atoms in total. The fourth-order valence-corrected chi connectivity index (χ4v) is 1.50. The average Bonchev–Trinajstić information content (AvgIpc) is 2.40. The van der Waals surface area contributed by atoms with Crippen LogP contribution in [0.4, 0.5) is 13.2 Å². The van der Waals surface area contributed by atoms with Crippen LogP contribution < -0.4 is 5.73 Å². The summed E-state index contributed by atoms with van der Waals surface area (Å²) in [6.07, 6.45) is -3.82. The molecule has 0 spiro atoms. The Morgan fingerprint density at radius 1 is 1.47 bits per heavy atom. The van der Waals surface area contributed by atoms with Crippen molar-refractivity contribution >= 4 is 11.6 Å². The Bertz CT molecular complexity index is 346. The molecule has 0 atom stereocenters. The summed E-state index contributed by atoms with van der Waals surface area (Å²) in [6.45, 7) is 0.322. The Morgan fingerprint density at radius 3 is 2.53 bits per heavy atom. The van der Waals surface area contributed by atoms with Crippen LogP contribution in [0.2, 0.25) is 5.15 Å². The van der Waals surface area contributed by atoms with Crippen molar-refractivity contribution in [2.75, 3.05) is 6.54 Å². The van der Waals surface area contributed by atoms with Gasteiger partial charge in [0, 0.05) is 12.6 Å². The number of halogens is 4. The van der Waals surface area contributed by atoms with Crippen molar-refractivity contribution in [3.05, 3.63) is 16.4 Å². The largest absolute Gasteiger partial charge is 0.435 e. The maximum Gasteiger partial charge on any atom is 0.435 e. The molecule has 86 valence electrons. The van der Waals surface area contributed by atoms with Crippen LogP contribution in [-0.2, 0) is 19.6 Å². The van der Waals surface area contributed by atoms with Gasteiger partial charge in [0.2, 0.25) is 0 Å². The Hall–Kier alpha value is -0.750. The van der Waals surface area contributed by atoms with E-state index in [9.17, 15) is 13.2 Å². The number of alkyl halides is 3. The van der Waals surface area contributed by atoms with Crippen LogP contribution in [0.25, 0.3) is 0 Å². The van der Waals surface area contributed by atoms with Gasteiger partial charge in [-0.15, -0.1) is 0 Å². The van der Waals surface area contributed by atoms with Crippen LogP contribution in [0.5, 0.6) is 0 Å². The second-order valence-electron chi connectivity index (χ2n) is 3.13. The molecule has 0 fully saturated rings. The van der Waals surface area contributed by atoms with Gasteiger partial charge in [0.05, 0.1) is 0 Å². The lowest BCUT2D eigenvalue weighted by Gasteiger charge is -2.05. The van der Waals surface area contributed by atoms with Crippen LogP contribution in [0.15, 0.2) is 0 Å². The summed E-state index contributed by atoms with van der Waals surface area (Å²) < 4.78 is 38.5. The van der Waals surface area contributed by atoms with Crippen molar-refractivity contribution in [2.24, 2.45) is 12.8 Å². The lowest BCUT2D eigenvalue weighted by atomic mass is 10.1. The van der Waals surface area contributed by atoms with Crippen molar-refractivity contribution in [1.82, 2.24) is 9.78 Å². The first-order chi connectivity index (χ1) is 6.88. The third-order valence-electron chi connectivity index (χ3n) is 1.97. The number of hydrogen-bond donors (Lipinski definition) is 1. The fourth-order valence-electron chi connectivity index (χ4n) is 1.28. The summed E-state index contributed by atoms with van der Waals surface area (Å²) in [7, 11) is 1.38. The second-order valence-corrected chi connectivity index (χ2v) is 3.49. The summed E-state index contributed by atoms with van der Waals surface area (Å²) in [4.78, 5) is 0. The van der Waals surface area contributed by atoms with Crippen molar-refractivity contribution in [3.63, 3.8) is 0 Å². The highest BCUT2D eigenvalue weighted by molar-refractivity contribution is 6.30. The van der Waals surface area contributed by atoms with E-state index >= 15 is 0 Å². The van der Waals surface area contributed by atoms with Gasteiger partial charge in [-0.3, -0.25) is 4.68 Å². The Balaban J connectivity index is 3.10. The zero-order valence-corrected chi connectivity index (χ0v) is 8.86. The summed E-state index contributed by atoms with van der Waals surface area (Å²) in [6, 6.07) is 0. The summed E-state index contributed by atoms with van der Waals surface area (Å²) in [5.41, 5.74) is 4.35. The molecular weight excluding hydrogens is 231 g/mol. The van der Waals surface area contributed by atoms with Crippen molar-refractivity contribution in [1.29, 1.82) is 0 Å². The monoisotopic (exact) mass is 241 g/mol. The Kier molecular flexibility index (Phi) is 3.62. The van der Waals surface area contributed by atoms with E-state index < -0.39 is 11.9 Å². The summed E-state index contributed by atoms with van der Waals surface area (Å²) in [5, 5.41) is 3.38. The van der Waals surface area contributed by atoms with E-state index in [2.05, 4.69) is 5.10 Å². The molecule has 0 aromatic carbocycles. The number of hydrogen-bond acceptors (Lipinski definition) is 2. The quantitative estimate of drug-likeness (QED) is 0.880. The van der Waals surface area contributed by atoms with Gasteiger partial charge in [0.1, 0.15) is 5.15 Å². The molecule has 0 aliphatic heterocycles. The first-order valence-corrected chi connectivity index (χ1v) is 4.74.